The summed E-state index contributed by atoms with van der Waals surface area (Å²) in [4.78, 5) is 12.8. The first-order valence-corrected chi connectivity index (χ1v) is 8.74. The van der Waals surface area contributed by atoms with Crippen molar-refractivity contribution in [3.8, 4) is 6.07 Å². The minimum absolute atomic E-state index is 0.138. The van der Waals surface area contributed by atoms with Crippen molar-refractivity contribution in [1.82, 2.24) is 5.32 Å². The zero-order chi connectivity index (χ0) is 17.0. The molecule has 0 aromatic heterocycles. The van der Waals surface area contributed by atoms with E-state index in [9.17, 15) is 10.1 Å². The summed E-state index contributed by atoms with van der Waals surface area (Å²) < 4.78 is 0. The lowest BCUT2D eigenvalue weighted by atomic mass is 9.66. The molecule has 1 amide bonds. The molecule has 2 atom stereocenters. The van der Waals surface area contributed by atoms with E-state index in [1.807, 2.05) is 31.2 Å². The molecule has 23 heavy (non-hydrogen) atoms. The summed E-state index contributed by atoms with van der Waals surface area (Å²) in [5, 5.41) is 13.4. The smallest absolute Gasteiger partial charge is 0.238 e. The minimum Gasteiger partial charge on any atom is -0.348 e. The van der Waals surface area contributed by atoms with Gasteiger partial charge in [0.1, 0.15) is 5.92 Å². The van der Waals surface area contributed by atoms with E-state index in [4.69, 9.17) is 11.6 Å². The number of carbonyl (C=O) groups excluding carboxylic acids is 1. The Hall–Kier alpha value is -1.53. The molecule has 0 heterocycles. The molecular weight excluding hydrogens is 308 g/mol. The van der Waals surface area contributed by atoms with Gasteiger partial charge in [0, 0.05) is 5.02 Å². The maximum atomic E-state index is 12.8. The van der Waals surface area contributed by atoms with E-state index in [-0.39, 0.29) is 17.4 Å². The highest BCUT2D eigenvalue weighted by molar-refractivity contribution is 6.30. The van der Waals surface area contributed by atoms with Gasteiger partial charge in [-0.1, -0.05) is 50.4 Å². The number of nitrogens with zero attached hydrogens (tertiary/aromatic N) is 1. The van der Waals surface area contributed by atoms with Crippen molar-refractivity contribution in [3.63, 3.8) is 0 Å². The maximum Gasteiger partial charge on any atom is 0.238 e. The van der Waals surface area contributed by atoms with Crippen molar-refractivity contribution < 1.29 is 4.79 Å². The maximum absolute atomic E-state index is 12.8. The van der Waals surface area contributed by atoms with Crippen LogP contribution in [0.15, 0.2) is 24.3 Å². The second-order valence-electron chi connectivity index (χ2n) is 6.94. The van der Waals surface area contributed by atoms with Crippen molar-refractivity contribution in [2.75, 3.05) is 0 Å². The molecule has 1 fully saturated rings. The van der Waals surface area contributed by atoms with Gasteiger partial charge < -0.3 is 5.32 Å². The molecule has 1 aliphatic rings. The Bertz CT molecular complexity index is 582. The van der Waals surface area contributed by atoms with E-state index in [1.54, 1.807) is 0 Å². The van der Waals surface area contributed by atoms with Gasteiger partial charge in [0.05, 0.1) is 12.1 Å². The summed E-state index contributed by atoms with van der Waals surface area (Å²) >= 11 is 5.90. The Balaban J connectivity index is 2.14. The van der Waals surface area contributed by atoms with Crippen molar-refractivity contribution in [2.24, 2.45) is 17.3 Å². The summed E-state index contributed by atoms with van der Waals surface area (Å²) in [6.07, 6.45) is 4.14. The van der Waals surface area contributed by atoms with Crippen molar-refractivity contribution in [2.45, 2.75) is 52.5 Å². The second kappa shape index (κ2) is 7.36. The molecule has 0 saturated heterocycles. The number of nitriles is 1. The van der Waals surface area contributed by atoms with E-state index in [0.717, 1.165) is 31.2 Å². The fourth-order valence-corrected chi connectivity index (χ4v) is 3.94. The predicted molar refractivity (Wildman–Crippen MR) is 92.9 cm³/mol. The Morgan fingerprint density at radius 1 is 1.22 bits per heavy atom. The first kappa shape index (κ1) is 17.8. The Kier molecular flexibility index (Phi) is 5.70. The number of hydrogen-bond acceptors (Lipinski definition) is 2. The minimum atomic E-state index is -0.584. The molecule has 0 bridgehead atoms. The standard InChI is InChI=1S/C19H25ClN2O/c1-13(2)19(10-4-5-11-19)17(12-21)18(23)22-14(3)15-6-8-16(20)9-7-15/h6-9,13-14,17H,4-5,10-11H2,1-3H3,(H,22,23). The molecule has 1 aliphatic carbocycles. The molecule has 2 rings (SSSR count). The first-order valence-electron chi connectivity index (χ1n) is 8.36. The van der Waals surface area contributed by atoms with Gasteiger partial charge >= 0.3 is 0 Å². The summed E-state index contributed by atoms with van der Waals surface area (Å²) in [5.41, 5.74) is 0.808. The molecule has 124 valence electrons. The zero-order valence-corrected chi connectivity index (χ0v) is 14.9. The molecule has 3 nitrogen and oxygen atoms in total. The Labute approximate surface area is 144 Å². The van der Waals surface area contributed by atoms with Crippen LogP contribution in [0.4, 0.5) is 0 Å². The molecule has 0 radical (unpaired) electrons. The fraction of sp³-hybridized carbons (Fsp3) is 0.579. The van der Waals surface area contributed by atoms with Crippen LogP contribution in [0.3, 0.4) is 0 Å². The van der Waals surface area contributed by atoms with Crippen LogP contribution in [0.5, 0.6) is 0 Å². The monoisotopic (exact) mass is 332 g/mol. The third-order valence-corrected chi connectivity index (χ3v) is 5.63. The van der Waals surface area contributed by atoms with Crippen LogP contribution in [-0.4, -0.2) is 5.91 Å². The molecule has 1 aromatic rings. The average Bonchev–Trinajstić information content (AvgIpc) is 2.99. The van der Waals surface area contributed by atoms with E-state index in [0.29, 0.717) is 10.9 Å². The summed E-state index contributed by atoms with van der Waals surface area (Å²) in [6.45, 7) is 6.20. The van der Waals surface area contributed by atoms with Crippen LogP contribution in [-0.2, 0) is 4.79 Å². The lowest BCUT2D eigenvalue weighted by Crippen LogP contribution is -2.43. The lowest BCUT2D eigenvalue weighted by Gasteiger charge is -2.37. The lowest BCUT2D eigenvalue weighted by molar-refractivity contribution is -0.128. The van der Waals surface area contributed by atoms with Crippen molar-refractivity contribution in [1.29, 1.82) is 5.26 Å². The summed E-state index contributed by atoms with van der Waals surface area (Å²) in [7, 11) is 0. The number of hydrogen-bond donors (Lipinski definition) is 1. The van der Waals surface area contributed by atoms with Gasteiger partial charge in [0.15, 0.2) is 0 Å². The van der Waals surface area contributed by atoms with Gasteiger partial charge in [-0.2, -0.15) is 5.26 Å². The molecular formula is C19H25ClN2O. The molecule has 0 spiro atoms. The molecule has 1 N–H and O–H groups in total. The van der Waals surface area contributed by atoms with E-state index in [1.165, 1.54) is 0 Å². The SMILES string of the molecule is CC(NC(=O)C(C#N)C1(C(C)C)CCCC1)c1ccc(Cl)cc1. The van der Waals surface area contributed by atoms with Crippen LogP contribution in [0.2, 0.25) is 5.02 Å². The summed E-state index contributed by atoms with van der Waals surface area (Å²) in [5.74, 6) is -0.406. The average molecular weight is 333 g/mol. The first-order chi connectivity index (χ1) is 10.9. The van der Waals surface area contributed by atoms with Crippen LogP contribution in [0.25, 0.3) is 0 Å². The predicted octanol–water partition coefficient (Wildman–Crippen LogP) is 4.87. The number of nitrogens with one attached hydrogen (secondary N) is 1. The zero-order valence-electron chi connectivity index (χ0n) is 14.1. The van der Waals surface area contributed by atoms with Gasteiger partial charge in [-0.25, -0.2) is 0 Å². The molecule has 0 aliphatic heterocycles. The van der Waals surface area contributed by atoms with Gasteiger partial charge in [-0.15, -0.1) is 0 Å². The molecule has 1 saturated carbocycles. The third kappa shape index (κ3) is 3.70. The van der Waals surface area contributed by atoms with Crippen LogP contribution in [0, 0.1) is 28.6 Å². The van der Waals surface area contributed by atoms with E-state index in [2.05, 4.69) is 25.2 Å². The highest BCUT2D eigenvalue weighted by atomic mass is 35.5. The Morgan fingerprint density at radius 3 is 2.26 bits per heavy atom. The quantitative estimate of drug-likeness (QED) is 0.836. The topological polar surface area (TPSA) is 52.9 Å². The van der Waals surface area contributed by atoms with Crippen molar-refractivity contribution in [3.05, 3.63) is 34.9 Å². The largest absolute Gasteiger partial charge is 0.348 e. The van der Waals surface area contributed by atoms with Gasteiger partial charge in [0.25, 0.3) is 0 Å². The molecule has 4 heteroatoms. The van der Waals surface area contributed by atoms with Gasteiger partial charge in [-0.3, -0.25) is 4.79 Å². The van der Waals surface area contributed by atoms with Gasteiger partial charge in [-0.05, 0) is 48.8 Å². The van der Waals surface area contributed by atoms with Gasteiger partial charge in [0.2, 0.25) is 5.91 Å². The summed E-state index contributed by atoms with van der Waals surface area (Å²) in [6, 6.07) is 9.60. The normalized spacial score (nSPS) is 19.1. The van der Waals surface area contributed by atoms with E-state index >= 15 is 0 Å². The number of rotatable bonds is 5. The highest BCUT2D eigenvalue weighted by Gasteiger charge is 2.47. The number of carbonyl (C=O) groups is 1. The number of benzene rings is 1. The van der Waals surface area contributed by atoms with Crippen LogP contribution in [0.1, 0.15) is 58.1 Å². The highest BCUT2D eigenvalue weighted by Crippen LogP contribution is 2.50. The fourth-order valence-electron chi connectivity index (χ4n) is 3.81. The third-order valence-electron chi connectivity index (χ3n) is 5.38. The second-order valence-corrected chi connectivity index (χ2v) is 7.38. The molecule has 2 unspecified atom stereocenters. The van der Waals surface area contributed by atoms with Crippen LogP contribution < -0.4 is 5.32 Å². The van der Waals surface area contributed by atoms with Crippen LogP contribution >= 0.6 is 11.6 Å². The van der Waals surface area contributed by atoms with E-state index < -0.39 is 5.92 Å². The van der Waals surface area contributed by atoms with Crippen molar-refractivity contribution >= 4 is 17.5 Å². The Morgan fingerprint density at radius 2 is 1.78 bits per heavy atom. The number of halogens is 1. The number of amides is 1. The molecule has 1 aromatic carbocycles.